The molecular formula is C28H20ClF3O7. The van der Waals surface area contributed by atoms with Gasteiger partial charge in [-0.25, -0.2) is 9.59 Å². The van der Waals surface area contributed by atoms with Gasteiger partial charge in [0.1, 0.15) is 17.1 Å². The fourth-order valence-electron chi connectivity index (χ4n) is 3.48. The molecule has 39 heavy (non-hydrogen) atoms. The van der Waals surface area contributed by atoms with Crippen LogP contribution in [0.5, 0.6) is 17.2 Å². The minimum Gasteiger partial charge on any atom is -0.462 e. The van der Waals surface area contributed by atoms with Crippen molar-refractivity contribution in [1.29, 1.82) is 0 Å². The van der Waals surface area contributed by atoms with Gasteiger partial charge in [-0.1, -0.05) is 37.3 Å². The molecule has 0 aliphatic carbocycles. The predicted octanol–water partition coefficient (Wildman–Crippen LogP) is 7.06. The Labute approximate surface area is 224 Å². The van der Waals surface area contributed by atoms with E-state index < -0.39 is 46.0 Å². The molecule has 0 aliphatic heterocycles. The Hall–Kier alpha value is -4.31. The molecule has 7 nitrogen and oxygen atoms in total. The molecule has 1 heterocycles. The molecule has 0 amide bonds. The van der Waals surface area contributed by atoms with E-state index in [9.17, 15) is 27.6 Å². The predicted molar refractivity (Wildman–Crippen MR) is 135 cm³/mol. The van der Waals surface area contributed by atoms with Crippen molar-refractivity contribution < 1.29 is 41.4 Å². The largest absolute Gasteiger partial charge is 0.462 e. The summed E-state index contributed by atoms with van der Waals surface area (Å²) in [6.45, 7) is 2.04. The van der Waals surface area contributed by atoms with Crippen LogP contribution in [0.25, 0.3) is 11.0 Å². The van der Waals surface area contributed by atoms with Crippen LogP contribution in [0.15, 0.2) is 82.0 Å². The molecule has 1 atom stereocenters. The van der Waals surface area contributed by atoms with E-state index in [4.69, 9.17) is 30.2 Å². The van der Waals surface area contributed by atoms with Crippen molar-refractivity contribution >= 4 is 34.5 Å². The lowest BCUT2D eigenvalue weighted by Crippen LogP contribution is -2.16. The summed E-state index contributed by atoms with van der Waals surface area (Å²) in [6.07, 6.45) is -4.48. The van der Waals surface area contributed by atoms with Crippen LogP contribution in [0.2, 0.25) is 0 Å². The number of ether oxygens (including phenoxy) is 3. The minimum absolute atomic E-state index is 0.140. The molecular weight excluding hydrogens is 541 g/mol. The highest BCUT2D eigenvalue weighted by Gasteiger charge is 2.40. The number of esters is 2. The van der Waals surface area contributed by atoms with Crippen molar-refractivity contribution in [3.05, 3.63) is 99.9 Å². The Bertz CT molecular complexity index is 1550. The summed E-state index contributed by atoms with van der Waals surface area (Å²) < 4.78 is 62.2. The van der Waals surface area contributed by atoms with Crippen molar-refractivity contribution in [3.8, 4) is 17.2 Å². The molecule has 3 aromatic carbocycles. The van der Waals surface area contributed by atoms with Crippen LogP contribution in [0.3, 0.4) is 0 Å². The lowest BCUT2D eigenvalue weighted by molar-refractivity contribution is -0.154. The summed E-state index contributed by atoms with van der Waals surface area (Å²) in [7, 11) is 0. The zero-order valence-electron chi connectivity index (χ0n) is 20.3. The second-order valence-corrected chi connectivity index (χ2v) is 8.64. The van der Waals surface area contributed by atoms with Crippen LogP contribution >= 0.6 is 11.6 Å². The molecule has 0 fully saturated rings. The van der Waals surface area contributed by atoms with E-state index in [0.29, 0.717) is 12.0 Å². The van der Waals surface area contributed by atoms with Crippen molar-refractivity contribution in [1.82, 2.24) is 0 Å². The third-order valence-electron chi connectivity index (χ3n) is 5.34. The monoisotopic (exact) mass is 560 g/mol. The number of carbonyl (C=O) groups is 2. The summed E-state index contributed by atoms with van der Waals surface area (Å²) in [4.78, 5) is 37.4. The van der Waals surface area contributed by atoms with Gasteiger partial charge in [0.15, 0.2) is 5.38 Å². The van der Waals surface area contributed by atoms with Crippen molar-refractivity contribution in [2.24, 2.45) is 0 Å². The van der Waals surface area contributed by atoms with Gasteiger partial charge in [-0.05, 0) is 48.4 Å². The average molecular weight is 561 g/mol. The van der Waals surface area contributed by atoms with Gasteiger partial charge in [-0.15, -0.1) is 11.6 Å². The van der Waals surface area contributed by atoms with Crippen LogP contribution in [-0.2, 0) is 15.7 Å². The van der Waals surface area contributed by atoms with Gasteiger partial charge in [0.05, 0.1) is 17.6 Å². The summed E-state index contributed by atoms with van der Waals surface area (Å²) in [6, 6.07) is 16.7. The maximum atomic E-state index is 13.9. The van der Waals surface area contributed by atoms with E-state index in [1.54, 1.807) is 30.3 Å². The molecule has 4 rings (SSSR count). The molecule has 0 aliphatic rings. The normalized spacial score (nSPS) is 12.1. The number of carbonyl (C=O) groups excluding carboxylic acids is 2. The quantitative estimate of drug-likeness (QED) is 0.129. The molecule has 4 aromatic rings. The van der Waals surface area contributed by atoms with Gasteiger partial charge in [0.25, 0.3) is 5.76 Å². The van der Waals surface area contributed by atoms with E-state index in [1.165, 1.54) is 30.3 Å². The van der Waals surface area contributed by atoms with E-state index in [-0.39, 0.29) is 29.1 Å². The fraction of sp³-hybridized carbons (Fsp3) is 0.179. The van der Waals surface area contributed by atoms with Crippen LogP contribution in [0.1, 0.15) is 40.4 Å². The maximum Gasteiger partial charge on any atom is 0.453 e. The first-order valence-corrected chi connectivity index (χ1v) is 12.1. The third kappa shape index (κ3) is 6.40. The second kappa shape index (κ2) is 11.6. The number of rotatable bonds is 8. The fourth-order valence-corrected chi connectivity index (χ4v) is 3.67. The Morgan fingerprint density at radius 3 is 2.28 bits per heavy atom. The second-order valence-electron chi connectivity index (χ2n) is 8.20. The summed E-state index contributed by atoms with van der Waals surface area (Å²) in [5.41, 5.74) is -0.966. The molecule has 202 valence electrons. The van der Waals surface area contributed by atoms with Crippen LogP contribution in [0.4, 0.5) is 13.2 Å². The van der Waals surface area contributed by atoms with Crippen LogP contribution in [0, 0.1) is 0 Å². The zero-order valence-corrected chi connectivity index (χ0v) is 21.0. The van der Waals surface area contributed by atoms with Crippen LogP contribution < -0.4 is 14.9 Å². The topological polar surface area (TPSA) is 92.0 Å². The summed E-state index contributed by atoms with van der Waals surface area (Å²) in [5, 5.41) is -1.42. The standard InChI is InChI=1S/C28H20ClF3O7/c1-2-14-36-26(34)17-8-10-18(11-9-17)37-24-23(33)20-13-12-19(15-21(20)39-25(24)28(30,31)32)38-27(35)22(29)16-6-4-3-5-7-16/h3-13,15,22H,2,14H2,1H3. The van der Waals surface area contributed by atoms with Crippen molar-refractivity contribution in [2.45, 2.75) is 24.9 Å². The highest BCUT2D eigenvalue weighted by Crippen LogP contribution is 2.39. The number of halogens is 4. The Balaban J connectivity index is 1.64. The zero-order chi connectivity index (χ0) is 28.2. The first-order valence-electron chi connectivity index (χ1n) is 11.6. The number of alkyl halides is 4. The maximum absolute atomic E-state index is 13.9. The van der Waals surface area contributed by atoms with Gasteiger partial charge < -0.3 is 18.6 Å². The van der Waals surface area contributed by atoms with E-state index in [1.807, 2.05) is 6.92 Å². The SMILES string of the molecule is CCCOC(=O)c1ccc(Oc2c(C(F)(F)F)oc3cc(OC(=O)C(Cl)c4ccccc4)ccc3c2=O)cc1. The lowest BCUT2D eigenvalue weighted by atomic mass is 10.1. The van der Waals surface area contributed by atoms with Crippen molar-refractivity contribution in [3.63, 3.8) is 0 Å². The van der Waals surface area contributed by atoms with E-state index in [0.717, 1.165) is 12.1 Å². The molecule has 0 spiro atoms. The summed E-state index contributed by atoms with van der Waals surface area (Å²) >= 11 is 6.14. The van der Waals surface area contributed by atoms with Crippen LogP contribution in [-0.4, -0.2) is 18.5 Å². The average Bonchev–Trinajstić information content (AvgIpc) is 2.92. The highest BCUT2D eigenvalue weighted by molar-refractivity contribution is 6.30. The molecule has 11 heteroatoms. The summed E-state index contributed by atoms with van der Waals surface area (Å²) in [5.74, 6) is -4.57. The minimum atomic E-state index is -5.10. The number of hydrogen-bond acceptors (Lipinski definition) is 7. The first-order chi connectivity index (χ1) is 18.6. The Morgan fingerprint density at radius 1 is 0.974 bits per heavy atom. The number of hydrogen-bond donors (Lipinski definition) is 0. The van der Waals surface area contributed by atoms with Gasteiger partial charge >= 0.3 is 18.1 Å². The van der Waals surface area contributed by atoms with E-state index in [2.05, 4.69) is 0 Å². The van der Waals surface area contributed by atoms with Gasteiger partial charge in [0.2, 0.25) is 11.2 Å². The molecule has 0 radical (unpaired) electrons. The van der Waals surface area contributed by atoms with Crippen molar-refractivity contribution in [2.75, 3.05) is 6.61 Å². The third-order valence-corrected chi connectivity index (χ3v) is 5.77. The molecule has 1 aromatic heterocycles. The Kier molecular flexibility index (Phi) is 8.25. The highest BCUT2D eigenvalue weighted by atomic mass is 35.5. The molecule has 0 saturated heterocycles. The molecule has 0 bridgehead atoms. The Morgan fingerprint density at radius 2 is 1.64 bits per heavy atom. The molecule has 1 unspecified atom stereocenters. The van der Waals surface area contributed by atoms with Gasteiger partial charge in [0, 0.05) is 6.07 Å². The number of fused-ring (bicyclic) bond motifs is 1. The first kappa shape index (κ1) is 27.7. The molecule has 0 saturated carbocycles. The van der Waals surface area contributed by atoms with E-state index >= 15 is 0 Å². The van der Waals surface area contributed by atoms with Gasteiger partial charge in [-0.2, -0.15) is 13.2 Å². The van der Waals surface area contributed by atoms with Gasteiger partial charge in [-0.3, -0.25) is 4.79 Å². The molecule has 0 N–H and O–H groups in total. The smallest absolute Gasteiger partial charge is 0.453 e. The number of benzene rings is 3. The lowest BCUT2D eigenvalue weighted by Gasteiger charge is -2.14.